The Bertz CT molecular complexity index is 913. The number of nitrogens with zero attached hydrogens (tertiary/aromatic N) is 3. The van der Waals surface area contributed by atoms with E-state index in [0.29, 0.717) is 6.61 Å². The van der Waals surface area contributed by atoms with E-state index in [1.165, 1.54) is 5.69 Å². The number of benzene rings is 1. The van der Waals surface area contributed by atoms with Crippen molar-refractivity contribution in [1.29, 1.82) is 0 Å². The molecule has 144 valence electrons. The molecule has 1 aliphatic rings. The third-order valence-electron chi connectivity index (χ3n) is 5.06. The van der Waals surface area contributed by atoms with Gasteiger partial charge in [-0.15, -0.1) is 0 Å². The van der Waals surface area contributed by atoms with E-state index in [9.17, 15) is 0 Å². The normalized spacial score (nSPS) is 19.0. The van der Waals surface area contributed by atoms with Crippen LogP contribution in [0.5, 0.6) is 0 Å². The number of nitrogens with one attached hydrogen (secondary N) is 1. The summed E-state index contributed by atoms with van der Waals surface area (Å²) in [7, 11) is 1.73. The van der Waals surface area contributed by atoms with Gasteiger partial charge in [-0.05, 0) is 55.0 Å². The third kappa shape index (κ3) is 3.66. The van der Waals surface area contributed by atoms with Crippen LogP contribution in [0.4, 0.5) is 0 Å². The molecular formula is C22H24N4OS. The van der Waals surface area contributed by atoms with Crippen LogP contribution < -0.4 is 5.32 Å². The maximum absolute atomic E-state index is 5.72. The topological polar surface area (TPSA) is 42.3 Å². The van der Waals surface area contributed by atoms with Crippen molar-refractivity contribution in [1.82, 2.24) is 19.8 Å². The number of rotatable bonds is 7. The predicted octanol–water partition coefficient (Wildman–Crippen LogP) is 3.88. The van der Waals surface area contributed by atoms with Gasteiger partial charge in [0.25, 0.3) is 0 Å². The first-order chi connectivity index (χ1) is 13.8. The quantitative estimate of drug-likeness (QED) is 0.488. The van der Waals surface area contributed by atoms with Crippen molar-refractivity contribution in [2.45, 2.75) is 18.5 Å². The summed E-state index contributed by atoms with van der Waals surface area (Å²) in [6.45, 7) is 1.54. The monoisotopic (exact) mass is 392 g/mol. The van der Waals surface area contributed by atoms with E-state index in [4.69, 9.17) is 17.0 Å². The van der Waals surface area contributed by atoms with E-state index in [0.717, 1.165) is 29.5 Å². The molecule has 0 spiro atoms. The molecular weight excluding hydrogens is 368 g/mol. The Morgan fingerprint density at radius 3 is 2.64 bits per heavy atom. The van der Waals surface area contributed by atoms with E-state index in [1.54, 1.807) is 7.11 Å². The molecule has 6 heteroatoms. The molecule has 28 heavy (non-hydrogen) atoms. The average Bonchev–Trinajstić information content (AvgIpc) is 3.34. The van der Waals surface area contributed by atoms with Gasteiger partial charge in [-0.25, -0.2) is 0 Å². The molecule has 3 heterocycles. The van der Waals surface area contributed by atoms with Crippen molar-refractivity contribution in [3.05, 3.63) is 84.4 Å². The number of methoxy groups -OCH3 is 1. The Labute approximate surface area is 171 Å². The summed E-state index contributed by atoms with van der Waals surface area (Å²) in [6.07, 6.45) is 4.85. The minimum Gasteiger partial charge on any atom is -0.385 e. The lowest BCUT2D eigenvalue weighted by Gasteiger charge is -2.29. The zero-order valence-corrected chi connectivity index (χ0v) is 16.7. The highest BCUT2D eigenvalue weighted by Crippen LogP contribution is 2.39. The fourth-order valence-electron chi connectivity index (χ4n) is 3.81. The average molecular weight is 393 g/mol. The van der Waals surface area contributed by atoms with Crippen LogP contribution in [-0.2, 0) is 4.74 Å². The molecule has 5 nitrogen and oxygen atoms in total. The highest BCUT2D eigenvalue weighted by molar-refractivity contribution is 7.80. The summed E-state index contributed by atoms with van der Waals surface area (Å²) in [5.74, 6) is 0. The Morgan fingerprint density at radius 2 is 1.89 bits per heavy atom. The third-order valence-corrected chi connectivity index (χ3v) is 5.42. The fourth-order valence-corrected chi connectivity index (χ4v) is 4.14. The first-order valence-corrected chi connectivity index (χ1v) is 9.90. The number of thiocarbonyl (C=S) groups is 1. The van der Waals surface area contributed by atoms with Crippen molar-refractivity contribution < 1.29 is 4.74 Å². The van der Waals surface area contributed by atoms with Crippen LogP contribution in [0.15, 0.2) is 73.1 Å². The molecule has 0 aliphatic carbocycles. The first-order valence-electron chi connectivity index (χ1n) is 9.49. The predicted molar refractivity (Wildman–Crippen MR) is 114 cm³/mol. The molecule has 0 amide bonds. The van der Waals surface area contributed by atoms with Gasteiger partial charge in [0, 0.05) is 44.0 Å². The first kappa shape index (κ1) is 18.7. The standard InChI is InChI=1S/C22H24N4OS/c1-27-16-8-15-26-21(20(24-22(26)28)18-11-5-6-13-23-18)19-12-7-14-25(19)17-9-3-2-4-10-17/h2-7,9-14,20-21H,8,15-16H2,1H3,(H,24,28). The van der Waals surface area contributed by atoms with Gasteiger partial charge in [0.1, 0.15) is 0 Å². The highest BCUT2D eigenvalue weighted by Gasteiger charge is 2.40. The molecule has 2 atom stereocenters. The number of para-hydroxylation sites is 1. The van der Waals surface area contributed by atoms with Gasteiger partial charge in [-0.2, -0.15) is 0 Å². The second-order valence-corrected chi connectivity index (χ2v) is 7.19. The molecule has 1 N–H and O–H groups in total. The molecule has 0 bridgehead atoms. The van der Waals surface area contributed by atoms with Crippen LogP contribution >= 0.6 is 12.2 Å². The largest absolute Gasteiger partial charge is 0.385 e. The number of aromatic nitrogens is 2. The van der Waals surface area contributed by atoms with Crippen molar-refractivity contribution in [3.8, 4) is 5.69 Å². The van der Waals surface area contributed by atoms with Gasteiger partial charge in [0.15, 0.2) is 5.11 Å². The number of pyridine rings is 1. The van der Waals surface area contributed by atoms with E-state index in [1.807, 2.05) is 24.4 Å². The van der Waals surface area contributed by atoms with Crippen molar-refractivity contribution in [3.63, 3.8) is 0 Å². The van der Waals surface area contributed by atoms with Gasteiger partial charge in [0.05, 0.1) is 17.8 Å². The number of hydrogen-bond acceptors (Lipinski definition) is 3. The Kier molecular flexibility index (Phi) is 5.69. The highest BCUT2D eigenvalue weighted by atomic mass is 32.1. The van der Waals surface area contributed by atoms with Gasteiger partial charge in [-0.1, -0.05) is 24.3 Å². The van der Waals surface area contributed by atoms with E-state index in [-0.39, 0.29) is 12.1 Å². The second kappa shape index (κ2) is 8.54. The Morgan fingerprint density at radius 1 is 1.07 bits per heavy atom. The summed E-state index contributed by atoms with van der Waals surface area (Å²) in [5.41, 5.74) is 3.31. The zero-order valence-electron chi connectivity index (χ0n) is 15.9. The van der Waals surface area contributed by atoms with Crippen LogP contribution in [0, 0.1) is 0 Å². The molecule has 1 aliphatic heterocycles. The lowest BCUT2D eigenvalue weighted by Crippen LogP contribution is -2.32. The summed E-state index contributed by atoms with van der Waals surface area (Å²) in [5, 5.41) is 4.27. The number of ether oxygens (including phenoxy) is 1. The van der Waals surface area contributed by atoms with Crippen LogP contribution in [0.3, 0.4) is 0 Å². The van der Waals surface area contributed by atoms with E-state index in [2.05, 4.69) is 68.4 Å². The Hall–Kier alpha value is -2.70. The van der Waals surface area contributed by atoms with E-state index >= 15 is 0 Å². The maximum atomic E-state index is 5.72. The molecule has 2 unspecified atom stereocenters. The minimum absolute atomic E-state index is 0.00592. The van der Waals surface area contributed by atoms with Gasteiger partial charge >= 0.3 is 0 Å². The molecule has 3 aromatic rings. The van der Waals surface area contributed by atoms with Crippen LogP contribution in [-0.4, -0.2) is 39.8 Å². The lowest BCUT2D eigenvalue weighted by atomic mass is 10.0. The van der Waals surface area contributed by atoms with Gasteiger partial charge in [-0.3, -0.25) is 4.98 Å². The van der Waals surface area contributed by atoms with E-state index < -0.39 is 0 Å². The number of hydrogen-bond donors (Lipinski definition) is 1. The summed E-state index contributed by atoms with van der Waals surface area (Å²) in [4.78, 5) is 6.87. The Balaban J connectivity index is 1.75. The molecule has 0 saturated carbocycles. The lowest BCUT2D eigenvalue weighted by molar-refractivity contribution is 0.180. The van der Waals surface area contributed by atoms with Crippen LogP contribution in [0.1, 0.15) is 29.9 Å². The molecule has 4 rings (SSSR count). The fraction of sp³-hybridized carbons (Fsp3) is 0.273. The molecule has 1 saturated heterocycles. The second-order valence-electron chi connectivity index (χ2n) is 6.80. The van der Waals surface area contributed by atoms with Crippen LogP contribution in [0.2, 0.25) is 0 Å². The molecule has 0 radical (unpaired) electrons. The van der Waals surface area contributed by atoms with Crippen LogP contribution in [0.25, 0.3) is 5.69 Å². The van der Waals surface area contributed by atoms with Gasteiger partial charge < -0.3 is 19.5 Å². The van der Waals surface area contributed by atoms with Crippen molar-refractivity contribution in [2.24, 2.45) is 0 Å². The van der Waals surface area contributed by atoms with Gasteiger partial charge in [0.2, 0.25) is 0 Å². The van der Waals surface area contributed by atoms with Crippen molar-refractivity contribution >= 4 is 17.3 Å². The van der Waals surface area contributed by atoms with Crippen molar-refractivity contribution in [2.75, 3.05) is 20.3 Å². The summed E-state index contributed by atoms with van der Waals surface area (Å²) < 4.78 is 7.50. The summed E-state index contributed by atoms with van der Waals surface area (Å²) in [6, 6.07) is 20.7. The SMILES string of the molecule is COCCCN1C(=S)NC(c2ccccn2)C1c1cccn1-c1ccccc1. The minimum atomic E-state index is -0.00592. The smallest absolute Gasteiger partial charge is 0.170 e. The molecule has 2 aromatic heterocycles. The summed E-state index contributed by atoms with van der Waals surface area (Å²) >= 11 is 5.72. The maximum Gasteiger partial charge on any atom is 0.170 e. The zero-order chi connectivity index (χ0) is 19.3. The molecule has 1 fully saturated rings. The molecule has 1 aromatic carbocycles.